The van der Waals surface area contributed by atoms with E-state index in [4.69, 9.17) is 5.11 Å². The number of nitrogens with zero attached hydrogens (tertiary/aromatic N) is 1. The minimum atomic E-state index is -4.54. The van der Waals surface area contributed by atoms with E-state index in [1.54, 1.807) is 11.9 Å². The van der Waals surface area contributed by atoms with Crippen molar-refractivity contribution in [1.29, 1.82) is 0 Å². The molecule has 0 aliphatic carbocycles. The van der Waals surface area contributed by atoms with Gasteiger partial charge in [0.2, 0.25) is 0 Å². The van der Waals surface area contributed by atoms with Gasteiger partial charge in [-0.15, -0.1) is 0 Å². The number of benzene rings is 1. The van der Waals surface area contributed by atoms with E-state index in [1.807, 2.05) is 6.92 Å². The predicted octanol–water partition coefficient (Wildman–Crippen LogP) is 4.03. The summed E-state index contributed by atoms with van der Waals surface area (Å²) < 4.78 is 37.8. The van der Waals surface area contributed by atoms with E-state index in [0.29, 0.717) is 18.3 Å². The summed E-state index contributed by atoms with van der Waals surface area (Å²) in [6, 6.07) is 2.82. The first-order valence-electron chi connectivity index (χ1n) is 6.43. The maximum Gasteiger partial charge on any atom is 0.416 e. The zero-order valence-corrected chi connectivity index (χ0v) is 11.5. The lowest BCUT2D eigenvalue weighted by Gasteiger charge is -2.22. The number of carboxylic acids is 1. The molecule has 112 valence electrons. The quantitative estimate of drug-likeness (QED) is 0.804. The van der Waals surface area contributed by atoms with Crippen molar-refractivity contribution < 1.29 is 23.1 Å². The van der Waals surface area contributed by atoms with Crippen molar-refractivity contribution >= 4 is 11.7 Å². The molecule has 0 amide bonds. The predicted molar refractivity (Wildman–Crippen MR) is 71.2 cm³/mol. The van der Waals surface area contributed by atoms with Crippen molar-refractivity contribution in [2.75, 3.05) is 18.5 Å². The lowest BCUT2D eigenvalue weighted by Crippen LogP contribution is -2.22. The summed E-state index contributed by atoms with van der Waals surface area (Å²) in [5, 5.41) is 9.08. The smallest absolute Gasteiger partial charge is 0.416 e. The Morgan fingerprint density at radius 1 is 1.30 bits per heavy atom. The highest BCUT2D eigenvalue weighted by Gasteiger charge is 2.32. The van der Waals surface area contributed by atoms with Gasteiger partial charge < -0.3 is 10.0 Å². The molecular weight excluding hydrogens is 271 g/mol. The highest BCUT2D eigenvalue weighted by molar-refractivity contribution is 5.94. The number of anilines is 1. The van der Waals surface area contributed by atoms with Crippen molar-refractivity contribution in [1.82, 2.24) is 0 Å². The third kappa shape index (κ3) is 4.15. The molecule has 6 heteroatoms. The highest BCUT2D eigenvalue weighted by Crippen LogP contribution is 2.32. The monoisotopic (exact) mass is 289 g/mol. The van der Waals surface area contributed by atoms with Crippen LogP contribution in [0.5, 0.6) is 0 Å². The molecular formula is C14H18F3NO2. The Bertz CT molecular complexity index is 472. The Morgan fingerprint density at radius 3 is 2.45 bits per heavy atom. The van der Waals surface area contributed by atoms with E-state index < -0.39 is 17.7 Å². The summed E-state index contributed by atoms with van der Waals surface area (Å²) in [5.74, 6) is -1.35. The maximum atomic E-state index is 12.6. The third-order valence-electron chi connectivity index (χ3n) is 3.06. The standard InChI is InChI=1S/C14H18F3NO2/c1-3-4-5-8-18(2)12-7-6-10(14(15,16)17)9-11(12)13(19)20/h6-7,9H,3-5,8H2,1-2H3,(H,19,20). The normalized spacial score (nSPS) is 11.4. The fourth-order valence-corrected chi connectivity index (χ4v) is 1.94. The van der Waals surface area contributed by atoms with Crippen molar-refractivity contribution in [3.63, 3.8) is 0 Å². The molecule has 3 nitrogen and oxygen atoms in total. The largest absolute Gasteiger partial charge is 0.478 e. The molecule has 1 rings (SSSR count). The Labute approximate surface area is 116 Å². The summed E-state index contributed by atoms with van der Waals surface area (Å²) in [4.78, 5) is 12.8. The SMILES string of the molecule is CCCCCN(C)c1ccc(C(F)(F)F)cc1C(=O)O. The van der Waals surface area contributed by atoms with Crippen molar-refractivity contribution in [2.45, 2.75) is 32.4 Å². The van der Waals surface area contributed by atoms with Crippen LogP contribution in [0.3, 0.4) is 0 Å². The van der Waals surface area contributed by atoms with Gasteiger partial charge in [0.05, 0.1) is 16.8 Å². The average Bonchev–Trinajstić information content (AvgIpc) is 2.37. The first-order valence-corrected chi connectivity index (χ1v) is 6.43. The molecule has 0 bridgehead atoms. The molecule has 0 aliphatic rings. The van der Waals surface area contributed by atoms with Crippen LogP contribution in [-0.2, 0) is 6.18 Å². The van der Waals surface area contributed by atoms with E-state index in [1.165, 1.54) is 6.07 Å². The van der Waals surface area contributed by atoms with Gasteiger partial charge in [-0.25, -0.2) is 4.79 Å². The van der Waals surface area contributed by atoms with Gasteiger partial charge in [-0.1, -0.05) is 19.8 Å². The second-order valence-corrected chi connectivity index (χ2v) is 4.66. The van der Waals surface area contributed by atoms with Gasteiger partial charge in [-0.2, -0.15) is 13.2 Å². The van der Waals surface area contributed by atoms with Crippen LogP contribution >= 0.6 is 0 Å². The maximum absolute atomic E-state index is 12.6. The molecule has 0 atom stereocenters. The lowest BCUT2D eigenvalue weighted by atomic mass is 10.1. The summed E-state index contributed by atoms with van der Waals surface area (Å²) in [6.45, 7) is 2.65. The minimum Gasteiger partial charge on any atom is -0.478 e. The molecule has 0 unspecified atom stereocenters. The second kappa shape index (κ2) is 6.63. The van der Waals surface area contributed by atoms with Crippen molar-refractivity contribution in [3.05, 3.63) is 29.3 Å². The molecule has 0 heterocycles. The molecule has 1 N–H and O–H groups in total. The number of rotatable bonds is 6. The van der Waals surface area contributed by atoms with Crippen LogP contribution in [0, 0.1) is 0 Å². The van der Waals surface area contributed by atoms with Crippen molar-refractivity contribution in [3.8, 4) is 0 Å². The molecule has 0 spiro atoms. The molecule has 20 heavy (non-hydrogen) atoms. The molecule has 0 saturated heterocycles. The number of hydrogen-bond donors (Lipinski definition) is 1. The van der Waals surface area contributed by atoms with Gasteiger partial charge >= 0.3 is 12.1 Å². The number of carbonyl (C=O) groups is 1. The molecule has 1 aromatic rings. The highest BCUT2D eigenvalue weighted by atomic mass is 19.4. The Hall–Kier alpha value is -1.72. The van der Waals surface area contributed by atoms with E-state index >= 15 is 0 Å². The van der Waals surface area contributed by atoms with Crippen LogP contribution in [0.1, 0.15) is 42.1 Å². The summed E-state index contributed by atoms with van der Waals surface area (Å²) in [6.07, 6.45) is -1.66. The Balaban J connectivity index is 3.04. The van der Waals surface area contributed by atoms with Gasteiger partial charge in [0.15, 0.2) is 0 Å². The second-order valence-electron chi connectivity index (χ2n) is 4.66. The average molecular weight is 289 g/mol. The number of alkyl halides is 3. The molecule has 0 fully saturated rings. The number of unbranched alkanes of at least 4 members (excludes halogenated alkanes) is 2. The van der Waals surface area contributed by atoms with Crippen LogP contribution < -0.4 is 4.90 Å². The Kier molecular flexibility index (Phi) is 5.42. The fourth-order valence-electron chi connectivity index (χ4n) is 1.94. The van der Waals surface area contributed by atoms with E-state index in [-0.39, 0.29) is 5.56 Å². The summed E-state index contributed by atoms with van der Waals surface area (Å²) in [5.41, 5.74) is -0.957. The topological polar surface area (TPSA) is 40.5 Å². The lowest BCUT2D eigenvalue weighted by molar-refractivity contribution is -0.137. The van der Waals surface area contributed by atoms with E-state index in [2.05, 4.69) is 0 Å². The zero-order chi connectivity index (χ0) is 15.3. The molecule has 0 aromatic heterocycles. The van der Waals surface area contributed by atoms with Crippen LogP contribution in [0.15, 0.2) is 18.2 Å². The van der Waals surface area contributed by atoms with Crippen molar-refractivity contribution in [2.24, 2.45) is 0 Å². The first-order chi connectivity index (χ1) is 9.27. The van der Waals surface area contributed by atoms with Gasteiger partial charge in [0.25, 0.3) is 0 Å². The third-order valence-corrected chi connectivity index (χ3v) is 3.06. The van der Waals surface area contributed by atoms with Crippen LogP contribution in [0.4, 0.5) is 18.9 Å². The van der Waals surface area contributed by atoms with Gasteiger partial charge in [0.1, 0.15) is 0 Å². The summed E-state index contributed by atoms with van der Waals surface area (Å²) in [7, 11) is 1.69. The molecule has 0 aliphatic heterocycles. The van der Waals surface area contributed by atoms with Crippen LogP contribution in [0.2, 0.25) is 0 Å². The number of aromatic carboxylic acids is 1. The number of carboxylic acid groups (broad SMARTS) is 1. The Morgan fingerprint density at radius 2 is 1.95 bits per heavy atom. The molecule has 0 radical (unpaired) electrons. The number of halogens is 3. The fraction of sp³-hybridized carbons (Fsp3) is 0.500. The number of hydrogen-bond acceptors (Lipinski definition) is 2. The van der Waals surface area contributed by atoms with Crippen LogP contribution in [-0.4, -0.2) is 24.7 Å². The van der Waals surface area contributed by atoms with Gasteiger partial charge in [-0.3, -0.25) is 0 Å². The minimum absolute atomic E-state index is 0.307. The van der Waals surface area contributed by atoms with Crippen LogP contribution in [0.25, 0.3) is 0 Å². The summed E-state index contributed by atoms with van der Waals surface area (Å²) >= 11 is 0. The van der Waals surface area contributed by atoms with E-state index in [9.17, 15) is 18.0 Å². The molecule has 0 saturated carbocycles. The molecule has 1 aromatic carbocycles. The first kappa shape index (κ1) is 16.3. The van der Waals surface area contributed by atoms with Gasteiger partial charge in [0, 0.05) is 13.6 Å². The van der Waals surface area contributed by atoms with E-state index in [0.717, 1.165) is 25.3 Å². The zero-order valence-electron chi connectivity index (χ0n) is 11.5. The van der Waals surface area contributed by atoms with Gasteiger partial charge in [-0.05, 0) is 24.6 Å².